The minimum atomic E-state index is -0.0670. The SMILES string of the molecule is CCN(CC)C(=O)c1cc(Nc2ncc(-c3ccc(C#N)cc3)o2)cc(OC)c1. The summed E-state index contributed by atoms with van der Waals surface area (Å²) in [5.41, 5.74) is 2.54. The highest BCUT2D eigenvalue weighted by Gasteiger charge is 2.15. The van der Waals surface area contributed by atoms with Crippen LogP contribution in [0.3, 0.4) is 0 Å². The highest BCUT2D eigenvalue weighted by Crippen LogP contribution is 2.27. The van der Waals surface area contributed by atoms with Crippen LogP contribution < -0.4 is 10.1 Å². The summed E-state index contributed by atoms with van der Waals surface area (Å²) in [7, 11) is 1.55. The number of hydrogen-bond acceptors (Lipinski definition) is 6. The van der Waals surface area contributed by atoms with Crippen LogP contribution >= 0.6 is 0 Å². The molecule has 2 aromatic carbocycles. The first-order chi connectivity index (χ1) is 14.1. The van der Waals surface area contributed by atoms with Crippen LogP contribution in [0, 0.1) is 11.3 Å². The summed E-state index contributed by atoms with van der Waals surface area (Å²) >= 11 is 0. The highest BCUT2D eigenvalue weighted by atomic mass is 16.5. The van der Waals surface area contributed by atoms with Crippen molar-refractivity contribution in [3.8, 4) is 23.1 Å². The molecule has 0 aliphatic carbocycles. The number of benzene rings is 2. The molecule has 3 rings (SSSR count). The second kappa shape index (κ2) is 8.93. The van der Waals surface area contributed by atoms with E-state index in [0.717, 1.165) is 5.56 Å². The molecule has 0 radical (unpaired) electrons. The Morgan fingerprint density at radius 1 is 1.21 bits per heavy atom. The molecule has 1 amide bonds. The van der Waals surface area contributed by atoms with Crippen molar-refractivity contribution in [2.75, 3.05) is 25.5 Å². The van der Waals surface area contributed by atoms with Gasteiger partial charge in [-0.2, -0.15) is 5.26 Å². The fourth-order valence-corrected chi connectivity index (χ4v) is 2.90. The topological polar surface area (TPSA) is 91.4 Å². The van der Waals surface area contributed by atoms with Gasteiger partial charge in [-0.1, -0.05) is 0 Å². The Morgan fingerprint density at radius 3 is 2.55 bits per heavy atom. The van der Waals surface area contributed by atoms with Crippen molar-refractivity contribution < 1.29 is 13.9 Å². The lowest BCUT2D eigenvalue weighted by atomic mass is 10.1. The maximum atomic E-state index is 12.7. The number of rotatable bonds is 7. The zero-order valence-corrected chi connectivity index (χ0v) is 16.6. The Morgan fingerprint density at radius 2 is 1.93 bits per heavy atom. The summed E-state index contributed by atoms with van der Waals surface area (Å²) in [6.07, 6.45) is 1.60. The summed E-state index contributed by atoms with van der Waals surface area (Å²) in [4.78, 5) is 18.7. The number of nitriles is 1. The van der Waals surface area contributed by atoms with Gasteiger partial charge in [0.25, 0.3) is 11.9 Å². The van der Waals surface area contributed by atoms with Crippen LogP contribution in [0.15, 0.2) is 53.1 Å². The van der Waals surface area contributed by atoms with E-state index in [9.17, 15) is 4.79 Å². The molecule has 7 heteroatoms. The lowest BCUT2D eigenvalue weighted by Crippen LogP contribution is -2.30. The number of methoxy groups -OCH3 is 1. The zero-order valence-electron chi connectivity index (χ0n) is 16.6. The van der Waals surface area contributed by atoms with Gasteiger partial charge in [-0.15, -0.1) is 0 Å². The second-order valence-corrected chi connectivity index (χ2v) is 6.27. The van der Waals surface area contributed by atoms with Gasteiger partial charge in [0.05, 0.1) is 24.9 Å². The molecule has 29 heavy (non-hydrogen) atoms. The van der Waals surface area contributed by atoms with Crippen LogP contribution in [-0.2, 0) is 0 Å². The minimum Gasteiger partial charge on any atom is -0.497 e. The fourth-order valence-electron chi connectivity index (χ4n) is 2.90. The van der Waals surface area contributed by atoms with Crippen molar-refractivity contribution in [2.45, 2.75) is 13.8 Å². The molecule has 0 saturated carbocycles. The number of nitrogens with one attached hydrogen (secondary N) is 1. The summed E-state index contributed by atoms with van der Waals surface area (Å²) in [6, 6.07) is 14.6. The fraction of sp³-hybridized carbons (Fsp3) is 0.227. The van der Waals surface area contributed by atoms with Gasteiger partial charge in [0.2, 0.25) is 0 Å². The van der Waals surface area contributed by atoms with E-state index in [1.807, 2.05) is 13.8 Å². The van der Waals surface area contributed by atoms with Crippen molar-refractivity contribution in [2.24, 2.45) is 0 Å². The van der Waals surface area contributed by atoms with Gasteiger partial charge in [-0.3, -0.25) is 4.79 Å². The third-order valence-electron chi connectivity index (χ3n) is 4.50. The van der Waals surface area contributed by atoms with E-state index in [0.29, 0.717) is 47.4 Å². The average molecular weight is 390 g/mol. The first-order valence-electron chi connectivity index (χ1n) is 9.29. The summed E-state index contributed by atoms with van der Waals surface area (Å²) in [6.45, 7) is 5.14. The molecule has 1 N–H and O–H groups in total. The predicted octanol–water partition coefficient (Wildman–Crippen LogP) is 4.45. The Kier molecular flexibility index (Phi) is 6.15. The molecule has 0 saturated heterocycles. The van der Waals surface area contributed by atoms with E-state index in [2.05, 4.69) is 16.4 Å². The molecular weight excluding hydrogens is 368 g/mol. The molecule has 0 aliphatic heterocycles. The molecule has 0 unspecified atom stereocenters. The van der Waals surface area contributed by atoms with Gasteiger partial charge < -0.3 is 19.4 Å². The number of nitrogens with zero attached hydrogens (tertiary/aromatic N) is 3. The second-order valence-electron chi connectivity index (χ2n) is 6.27. The molecule has 0 fully saturated rings. The Balaban J connectivity index is 1.84. The Hall–Kier alpha value is -3.79. The standard InChI is InChI=1S/C22H22N4O3/c1-4-26(5-2)21(27)17-10-18(12-19(11-17)28-3)25-22-24-14-20(29-22)16-8-6-15(13-23)7-9-16/h6-12,14H,4-5H2,1-3H3,(H,24,25). The van der Waals surface area contributed by atoms with Crippen LogP contribution in [0.4, 0.5) is 11.7 Å². The van der Waals surface area contributed by atoms with Gasteiger partial charge in [0.15, 0.2) is 5.76 Å². The van der Waals surface area contributed by atoms with Crippen LogP contribution in [-0.4, -0.2) is 36.0 Å². The van der Waals surface area contributed by atoms with Gasteiger partial charge in [0.1, 0.15) is 5.75 Å². The van der Waals surface area contributed by atoms with Crippen molar-refractivity contribution in [3.05, 3.63) is 59.8 Å². The number of carbonyl (C=O) groups excluding carboxylic acids is 1. The predicted molar refractivity (Wildman–Crippen MR) is 110 cm³/mol. The number of oxazole rings is 1. The average Bonchev–Trinajstić information content (AvgIpc) is 3.22. The van der Waals surface area contributed by atoms with Crippen LogP contribution in [0.1, 0.15) is 29.8 Å². The smallest absolute Gasteiger partial charge is 0.299 e. The Bertz CT molecular complexity index is 1030. The zero-order chi connectivity index (χ0) is 20.8. The van der Waals surface area contributed by atoms with Gasteiger partial charge >= 0.3 is 0 Å². The van der Waals surface area contributed by atoms with Crippen LogP contribution in [0.5, 0.6) is 5.75 Å². The van der Waals surface area contributed by atoms with Crippen molar-refractivity contribution in [1.82, 2.24) is 9.88 Å². The minimum absolute atomic E-state index is 0.0670. The van der Waals surface area contributed by atoms with E-state index >= 15 is 0 Å². The van der Waals surface area contributed by atoms with Crippen molar-refractivity contribution in [3.63, 3.8) is 0 Å². The molecule has 1 aromatic heterocycles. The molecule has 7 nitrogen and oxygen atoms in total. The summed E-state index contributed by atoms with van der Waals surface area (Å²) < 4.78 is 11.1. The maximum absolute atomic E-state index is 12.7. The third kappa shape index (κ3) is 4.55. The first-order valence-corrected chi connectivity index (χ1v) is 9.29. The largest absolute Gasteiger partial charge is 0.497 e. The van der Waals surface area contributed by atoms with Crippen LogP contribution in [0.25, 0.3) is 11.3 Å². The number of anilines is 2. The Labute approximate surface area is 169 Å². The van der Waals surface area contributed by atoms with E-state index < -0.39 is 0 Å². The number of ether oxygens (including phenoxy) is 1. The highest BCUT2D eigenvalue weighted by molar-refractivity contribution is 5.95. The van der Waals surface area contributed by atoms with E-state index in [1.54, 1.807) is 60.7 Å². The van der Waals surface area contributed by atoms with Crippen molar-refractivity contribution >= 4 is 17.6 Å². The lowest BCUT2D eigenvalue weighted by molar-refractivity contribution is 0.0772. The van der Waals surface area contributed by atoms with E-state index in [-0.39, 0.29) is 5.91 Å². The monoisotopic (exact) mass is 390 g/mol. The third-order valence-corrected chi connectivity index (χ3v) is 4.50. The van der Waals surface area contributed by atoms with Gasteiger partial charge in [0, 0.05) is 36.0 Å². The quantitative estimate of drug-likeness (QED) is 0.641. The lowest BCUT2D eigenvalue weighted by Gasteiger charge is -2.19. The molecule has 0 bridgehead atoms. The molecule has 0 spiro atoms. The normalized spacial score (nSPS) is 10.3. The van der Waals surface area contributed by atoms with Crippen molar-refractivity contribution in [1.29, 1.82) is 5.26 Å². The van der Waals surface area contributed by atoms with Crippen LogP contribution in [0.2, 0.25) is 0 Å². The molecule has 148 valence electrons. The molecule has 0 atom stereocenters. The number of amides is 1. The summed E-state index contributed by atoms with van der Waals surface area (Å²) in [5, 5.41) is 12.0. The van der Waals surface area contributed by atoms with E-state index in [4.69, 9.17) is 14.4 Å². The molecule has 1 heterocycles. The maximum Gasteiger partial charge on any atom is 0.299 e. The van der Waals surface area contributed by atoms with Gasteiger partial charge in [-0.25, -0.2) is 4.98 Å². The number of carbonyl (C=O) groups is 1. The first kappa shape index (κ1) is 20.0. The molecule has 3 aromatic rings. The molecular formula is C22H22N4O3. The number of aromatic nitrogens is 1. The summed E-state index contributed by atoms with van der Waals surface area (Å²) in [5.74, 6) is 1.06. The van der Waals surface area contributed by atoms with E-state index in [1.165, 1.54) is 0 Å². The molecule has 0 aliphatic rings. The van der Waals surface area contributed by atoms with Gasteiger partial charge in [-0.05, 0) is 50.2 Å². The number of hydrogen-bond donors (Lipinski definition) is 1.